The first-order valence-electron chi connectivity index (χ1n) is 8.30. The number of ether oxygens (including phenoxy) is 1. The second-order valence-corrected chi connectivity index (χ2v) is 6.44. The summed E-state index contributed by atoms with van der Waals surface area (Å²) in [5.41, 5.74) is -1.21. The number of nitro benzene ring substituents is 1. The molecule has 11 nitrogen and oxygen atoms in total. The molecule has 1 saturated heterocycles. The Morgan fingerprint density at radius 1 is 1.29 bits per heavy atom. The smallest absolute Gasteiger partial charge is 0.281 e. The van der Waals surface area contributed by atoms with Gasteiger partial charge in [0.2, 0.25) is 5.78 Å². The molecule has 5 atom stereocenters. The highest BCUT2D eigenvalue weighted by Gasteiger charge is 2.44. The molecule has 0 unspecified atom stereocenters. The van der Waals surface area contributed by atoms with Gasteiger partial charge in [0.05, 0.1) is 17.1 Å². The Bertz CT molecular complexity index is 895. The van der Waals surface area contributed by atoms with Crippen molar-refractivity contribution < 1.29 is 40.0 Å². The molecular weight excluding hydrogens is 376 g/mol. The van der Waals surface area contributed by atoms with Crippen LogP contribution in [0.1, 0.15) is 22.8 Å². The molecule has 11 heteroatoms. The van der Waals surface area contributed by atoms with Gasteiger partial charge in [0.15, 0.2) is 6.29 Å². The largest absolute Gasteiger partial charge is 0.506 e. The molecule has 0 saturated carbocycles. The fraction of sp³-hybridized carbons (Fsp3) is 0.412. The summed E-state index contributed by atoms with van der Waals surface area (Å²) in [7, 11) is 0. The third kappa shape index (κ3) is 3.08. The quantitative estimate of drug-likeness (QED) is 0.251. The summed E-state index contributed by atoms with van der Waals surface area (Å²) in [5.74, 6) is -1.34. The third-order valence-corrected chi connectivity index (χ3v) is 4.76. The van der Waals surface area contributed by atoms with Gasteiger partial charge < -0.3 is 30.3 Å². The summed E-state index contributed by atoms with van der Waals surface area (Å²) in [6.45, 7) is 0.666. The third-order valence-electron chi connectivity index (χ3n) is 4.76. The highest BCUT2D eigenvalue weighted by Crippen LogP contribution is 2.37. The number of Topliss-reactive ketones (excluding diaryl/α,β-unsaturated/α-hetero) is 1. The summed E-state index contributed by atoms with van der Waals surface area (Å²) in [6, 6.07) is 2.39. The second kappa shape index (κ2) is 7.37. The molecule has 0 aromatic heterocycles. The fourth-order valence-corrected chi connectivity index (χ4v) is 3.34. The number of carbonyl (C=O) groups excluding carboxylic acids is 1. The van der Waals surface area contributed by atoms with Crippen molar-refractivity contribution in [1.29, 1.82) is 0 Å². The van der Waals surface area contributed by atoms with E-state index in [0.29, 0.717) is 0 Å². The molecule has 1 aliphatic carbocycles. The van der Waals surface area contributed by atoms with E-state index in [4.69, 9.17) is 9.84 Å². The Hall–Kier alpha value is -2.70. The first kappa shape index (κ1) is 20.0. The van der Waals surface area contributed by atoms with Crippen LogP contribution in [0.2, 0.25) is 0 Å². The monoisotopic (exact) mass is 394 g/mol. The van der Waals surface area contributed by atoms with Gasteiger partial charge in [0.1, 0.15) is 35.7 Å². The first-order valence-corrected chi connectivity index (χ1v) is 8.30. The maximum absolute atomic E-state index is 12.7. The van der Waals surface area contributed by atoms with Gasteiger partial charge in [0, 0.05) is 17.3 Å². The standard InChI is InChI=1S/C17H18N2O9/c1-6(18-12-16(24)14(22)9(5-20)28-17(12)25)10-13(21)7-3-2-4-8(19(26)27)11(7)15(10)23/h2-4,9,12,14,16-17,20-22,24-25H,5H2,1H3/t9-,12+,14-,16-,17+/m1/s1. The lowest BCUT2D eigenvalue weighted by Crippen LogP contribution is -2.58. The lowest BCUT2D eigenvalue weighted by atomic mass is 9.97. The number of allylic oxidation sites excluding steroid dienone is 1. The van der Waals surface area contributed by atoms with Gasteiger partial charge in [-0.3, -0.25) is 19.9 Å². The van der Waals surface area contributed by atoms with E-state index < -0.39 is 59.4 Å². The van der Waals surface area contributed by atoms with Gasteiger partial charge in [-0.25, -0.2) is 0 Å². The molecule has 0 bridgehead atoms. The van der Waals surface area contributed by atoms with Crippen LogP contribution in [0.3, 0.4) is 0 Å². The summed E-state index contributed by atoms with van der Waals surface area (Å²) in [6.07, 6.45) is -6.08. The molecule has 1 fully saturated rings. The number of aliphatic hydroxyl groups is 5. The van der Waals surface area contributed by atoms with E-state index in [1.54, 1.807) is 0 Å². The van der Waals surface area contributed by atoms with E-state index in [1.165, 1.54) is 19.1 Å². The van der Waals surface area contributed by atoms with Crippen LogP contribution < -0.4 is 0 Å². The van der Waals surface area contributed by atoms with Crippen molar-refractivity contribution >= 4 is 22.9 Å². The summed E-state index contributed by atoms with van der Waals surface area (Å²) < 4.78 is 5.00. The summed E-state index contributed by atoms with van der Waals surface area (Å²) in [5, 5.41) is 60.8. The molecule has 0 amide bonds. The number of rotatable bonds is 4. The number of aliphatic hydroxyl groups excluding tert-OH is 5. The normalized spacial score (nSPS) is 30.5. The Morgan fingerprint density at radius 3 is 2.57 bits per heavy atom. The van der Waals surface area contributed by atoms with Gasteiger partial charge in [-0.15, -0.1) is 0 Å². The highest BCUT2D eigenvalue weighted by molar-refractivity contribution is 6.36. The zero-order chi connectivity index (χ0) is 20.7. The predicted octanol–water partition coefficient (Wildman–Crippen LogP) is -0.679. The molecule has 1 aliphatic heterocycles. The maximum atomic E-state index is 12.7. The average Bonchev–Trinajstić information content (AvgIpc) is 2.92. The Labute approximate surface area is 158 Å². The lowest BCUT2D eigenvalue weighted by Gasteiger charge is -2.38. The SMILES string of the molecule is CC(=N[C@H]1[C@@H](O)[C@H](O)[C@@H](CO)O[C@@H]1O)C1=C(O)c2cccc([N+](=O)[O-])c2C1=O. The van der Waals surface area contributed by atoms with Crippen LogP contribution in [0.5, 0.6) is 0 Å². The van der Waals surface area contributed by atoms with E-state index in [1.807, 2.05) is 0 Å². The number of hydrogen-bond acceptors (Lipinski definition) is 10. The zero-order valence-electron chi connectivity index (χ0n) is 14.6. The van der Waals surface area contributed by atoms with Crippen LogP contribution in [0, 0.1) is 10.1 Å². The van der Waals surface area contributed by atoms with Gasteiger partial charge in [-0.2, -0.15) is 0 Å². The fourth-order valence-electron chi connectivity index (χ4n) is 3.34. The number of carbonyl (C=O) groups is 1. The van der Waals surface area contributed by atoms with Crippen LogP contribution in [0.15, 0.2) is 28.8 Å². The molecule has 3 rings (SSSR count). The zero-order valence-corrected chi connectivity index (χ0v) is 14.6. The van der Waals surface area contributed by atoms with E-state index in [-0.39, 0.29) is 22.4 Å². The minimum Gasteiger partial charge on any atom is -0.506 e. The molecule has 28 heavy (non-hydrogen) atoms. The Kier molecular flexibility index (Phi) is 5.28. The van der Waals surface area contributed by atoms with E-state index in [0.717, 1.165) is 6.07 Å². The first-order chi connectivity index (χ1) is 13.2. The number of nitro groups is 1. The van der Waals surface area contributed by atoms with Crippen LogP contribution in [0.4, 0.5) is 5.69 Å². The summed E-state index contributed by atoms with van der Waals surface area (Å²) in [4.78, 5) is 27.1. The molecule has 1 aromatic carbocycles. The minimum absolute atomic E-state index is 0.0230. The molecular formula is C17H18N2O9. The van der Waals surface area contributed by atoms with Gasteiger partial charge in [0.25, 0.3) is 5.69 Å². The maximum Gasteiger partial charge on any atom is 0.281 e. The molecule has 5 N–H and O–H groups in total. The van der Waals surface area contributed by atoms with Crippen molar-refractivity contribution in [1.82, 2.24) is 0 Å². The van der Waals surface area contributed by atoms with E-state index in [2.05, 4.69) is 4.99 Å². The van der Waals surface area contributed by atoms with Crippen molar-refractivity contribution in [3.8, 4) is 0 Å². The van der Waals surface area contributed by atoms with Crippen molar-refractivity contribution in [2.45, 2.75) is 37.6 Å². The number of aliphatic imine (C=N–C) groups is 1. The van der Waals surface area contributed by atoms with Crippen molar-refractivity contribution in [2.75, 3.05) is 6.61 Å². The molecule has 0 radical (unpaired) electrons. The van der Waals surface area contributed by atoms with Gasteiger partial charge in [-0.1, -0.05) is 6.07 Å². The average molecular weight is 394 g/mol. The molecule has 1 aromatic rings. The van der Waals surface area contributed by atoms with E-state index >= 15 is 0 Å². The van der Waals surface area contributed by atoms with Crippen molar-refractivity contribution in [3.63, 3.8) is 0 Å². The molecule has 2 aliphatic rings. The molecule has 150 valence electrons. The Balaban J connectivity index is 1.98. The summed E-state index contributed by atoms with van der Waals surface area (Å²) >= 11 is 0. The number of ketones is 1. The van der Waals surface area contributed by atoms with Gasteiger partial charge in [-0.05, 0) is 13.0 Å². The highest BCUT2D eigenvalue weighted by atomic mass is 16.6. The second-order valence-electron chi connectivity index (χ2n) is 6.44. The topological polar surface area (TPSA) is 183 Å². The molecule has 1 heterocycles. The van der Waals surface area contributed by atoms with Crippen LogP contribution in [-0.4, -0.2) is 79.2 Å². The van der Waals surface area contributed by atoms with E-state index in [9.17, 15) is 35.3 Å². The Morgan fingerprint density at radius 2 is 1.96 bits per heavy atom. The van der Waals surface area contributed by atoms with Crippen LogP contribution in [0.25, 0.3) is 5.76 Å². The number of benzene rings is 1. The van der Waals surface area contributed by atoms with Crippen LogP contribution >= 0.6 is 0 Å². The lowest BCUT2D eigenvalue weighted by molar-refractivity contribution is -0.385. The minimum atomic E-state index is -1.69. The molecule has 0 spiro atoms. The predicted molar refractivity (Wildman–Crippen MR) is 93.9 cm³/mol. The number of fused-ring (bicyclic) bond motifs is 1. The van der Waals surface area contributed by atoms with Crippen molar-refractivity contribution in [3.05, 3.63) is 45.0 Å². The number of nitrogens with zero attached hydrogens (tertiary/aromatic N) is 2. The van der Waals surface area contributed by atoms with Crippen molar-refractivity contribution in [2.24, 2.45) is 4.99 Å². The number of hydrogen-bond donors (Lipinski definition) is 5. The van der Waals surface area contributed by atoms with Gasteiger partial charge >= 0.3 is 0 Å². The van der Waals surface area contributed by atoms with Crippen LogP contribution in [-0.2, 0) is 4.74 Å².